The molecule has 0 aromatic carbocycles. The molecular weight excluding hydrogens is 200 g/mol. The minimum absolute atomic E-state index is 0.408. The number of aliphatic hydroxyl groups excluding tert-OH is 2. The lowest BCUT2D eigenvalue weighted by atomic mass is 9.65. The van der Waals surface area contributed by atoms with Crippen molar-refractivity contribution in [1.82, 2.24) is 0 Å². The predicted octanol–water partition coefficient (Wildman–Crippen LogP) is 1.52. The zero-order valence-electron chi connectivity index (χ0n) is 9.76. The van der Waals surface area contributed by atoms with Crippen molar-refractivity contribution in [3.63, 3.8) is 0 Å². The van der Waals surface area contributed by atoms with Crippen LogP contribution in [0.3, 0.4) is 0 Å². The molecule has 0 aromatic rings. The molecule has 0 amide bonds. The largest absolute Gasteiger partial charge is 0.396 e. The van der Waals surface area contributed by atoms with E-state index in [0.29, 0.717) is 25.0 Å². The van der Waals surface area contributed by atoms with Crippen LogP contribution >= 0.6 is 0 Å². The van der Waals surface area contributed by atoms with Gasteiger partial charge < -0.3 is 10.2 Å². The van der Waals surface area contributed by atoms with Crippen molar-refractivity contribution in [2.45, 2.75) is 25.7 Å². The van der Waals surface area contributed by atoms with Crippen molar-refractivity contribution in [3.8, 4) is 0 Å². The lowest BCUT2D eigenvalue weighted by molar-refractivity contribution is 0.0327. The number of rotatable bonds is 2. The average molecular weight is 222 g/mol. The highest BCUT2D eigenvalue weighted by molar-refractivity contribution is 5.12. The summed E-state index contributed by atoms with van der Waals surface area (Å²) in [4.78, 5) is 0. The van der Waals surface area contributed by atoms with E-state index in [1.54, 1.807) is 0 Å². The molecule has 0 aliphatic heterocycles. The van der Waals surface area contributed by atoms with Crippen molar-refractivity contribution in [1.29, 1.82) is 0 Å². The van der Waals surface area contributed by atoms with Gasteiger partial charge in [0.05, 0.1) is 0 Å². The summed E-state index contributed by atoms with van der Waals surface area (Å²) in [5.74, 6) is 6.56. The van der Waals surface area contributed by atoms with E-state index >= 15 is 0 Å². The fourth-order valence-electron chi connectivity index (χ4n) is 6.30. The zero-order chi connectivity index (χ0) is 10.9. The Labute approximate surface area is 97.0 Å². The van der Waals surface area contributed by atoms with Gasteiger partial charge in [-0.3, -0.25) is 0 Å². The van der Waals surface area contributed by atoms with Gasteiger partial charge >= 0.3 is 0 Å². The first-order valence-electron chi connectivity index (χ1n) is 7.05. The Balaban J connectivity index is 1.64. The first kappa shape index (κ1) is 9.90. The molecule has 4 bridgehead atoms. The molecule has 4 rings (SSSR count). The van der Waals surface area contributed by atoms with Crippen LogP contribution in [0.15, 0.2) is 0 Å². The van der Waals surface area contributed by atoms with Crippen molar-refractivity contribution in [2.75, 3.05) is 13.2 Å². The molecule has 6 unspecified atom stereocenters. The van der Waals surface area contributed by atoms with Crippen LogP contribution in [-0.2, 0) is 0 Å². The second-order valence-electron chi connectivity index (χ2n) is 6.83. The summed E-state index contributed by atoms with van der Waals surface area (Å²) >= 11 is 0. The number of hydrogen-bond acceptors (Lipinski definition) is 2. The highest BCUT2D eigenvalue weighted by atomic mass is 16.3. The number of hydrogen-bond donors (Lipinski definition) is 2. The van der Waals surface area contributed by atoms with Crippen LogP contribution in [0, 0.1) is 47.3 Å². The van der Waals surface area contributed by atoms with E-state index in [2.05, 4.69) is 0 Å². The van der Waals surface area contributed by atoms with Gasteiger partial charge in [-0.15, -0.1) is 0 Å². The maximum absolute atomic E-state index is 9.45. The van der Waals surface area contributed by atoms with Crippen LogP contribution in [0.25, 0.3) is 0 Å². The molecule has 2 N–H and O–H groups in total. The van der Waals surface area contributed by atoms with Gasteiger partial charge in [0, 0.05) is 13.2 Å². The first-order chi connectivity index (χ1) is 7.83. The van der Waals surface area contributed by atoms with E-state index in [0.717, 1.165) is 35.5 Å². The molecule has 4 saturated carbocycles. The molecule has 90 valence electrons. The third-order valence-corrected chi connectivity index (χ3v) is 6.56. The van der Waals surface area contributed by atoms with E-state index in [1.165, 1.54) is 25.7 Å². The monoisotopic (exact) mass is 222 g/mol. The first-order valence-corrected chi connectivity index (χ1v) is 7.05. The Hall–Kier alpha value is -0.0800. The van der Waals surface area contributed by atoms with Gasteiger partial charge in [-0.1, -0.05) is 0 Å². The SMILES string of the molecule is OCC1CC2CC1C1C3CC(CC3CO)C21. The third-order valence-electron chi connectivity index (χ3n) is 6.56. The van der Waals surface area contributed by atoms with Crippen molar-refractivity contribution in [3.05, 3.63) is 0 Å². The van der Waals surface area contributed by atoms with E-state index in [9.17, 15) is 10.2 Å². The highest BCUT2D eigenvalue weighted by Crippen LogP contribution is 2.69. The molecule has 16 heavy (non-hydrogen) atoms. The molecule has 0 radical (unpaired) electrons. The standard InChI is InChI=1S/C14H22O2/c15-5-9-1-7-3-11(9)14-12-4-8(13(7)14)2-10(12)6-16/h7-16H,1-6H2. The Morgan fingerprint density at radius 1 is 0.688 bits per heavy atom. The smallest absolute Gasteiger partial charge is 0.0462 e. The van der Waals surface area contributed by atoms with E-state index in [1.807, 2.05) is 0 Å². The summed E-state index contributed by atoms with van der Waals surface area (Å²) in [5, 5.41) is 18.9. The molecule has 2 heteroatoms. The van der Waals surface area contributed by atoms with Crippen LogP contribution in [0.4, 0.5) is 0 Å². The molecule has 4 aliphatic rings. The van der Waals surface area contributed by atoms with E-state index in [4.69, 9.17) is 0 Å². The molecule has 0 heterocycles. The minimum atomic E-state index is 0.408. The fourth-order valence-corrected chi connectivity index (χ4v) is 6.30. The minimum Gasteiger partial charge on any atom is -0.396 e. The van der Waals surface area contributed by atoms with Gasteiger partial charge in [-0.2, -0.15) is 0 Å². The van der Waals surface area contributed by atoms with E-state index < -0.39 is 0 Å². The summed E-state index contributed by atoms with van der Waals surface area (Å²) in [6.45, 7) is 0.817. The quantitative estimate of drug-likeness (QED) is 0.695. The predicted molar refractivity (Wildman–Crippen MR) is 60.6 cm³/mol. The van der Waals surface area contributed by atoms with Crippen LogP contribution in [0.5, 0.6) is 0 Å². The lowest BCUT2D eigenvalue weighted by Crippen LogP contribution is -2.37. The number of fused-ring (bicyclic) bond motifs is 9. The van der Waals surface area contributed by atoms with Gasteiger partial charge in [-0.25, -0.2) is 0 Å². The van der Waals surface area contributed by atoms with Crippen LogP contribution in [-0.4, -0.2) is 23.4 Å². The summed E-state index contributed by atoms with van der Waals surface area (Å²) in [5.41, 5.74) is 0. The van der Waals surface area contributed by atoms with Crippen molar-refractivity contribution in [2.24, 2.45) is 47.3 Å². The Morgan fingerprint density at radius 3 is 1.62 bits per heavy atom. The number of aliphatic hydroxyl groups is 2. The van der Waals surface area contributed by atoms with Crippen molar-refractivity contribution >= 4 is 0 Å². The Bertz CT molecular complexity index is 275. The zero-order valence-corrected chi connectivity index (χ0v) is 9.76. The second-order valence-corrected chi connectivity index (χ2v) is 6.83. The normalized spacial score (nSPS) is 61.9. The summed E-state index contributed by atoms with van der Waals surface area (Å²) < 4.78 is 0. The third kappa shape index (κ3) is 1.01. The maximum Gasteiger partial charge on any atom is 0.0462 e. The van der Waals surface area contributed by atoms with Crippen LogP contribution in [0.2, 0.25) is 0 Å². The summed E-state index contributed by atoms with van der Waals surface area (Å²) in [6, 6.07) is 0. The average Bonchev–Trinajstić information content (AvgIpc) is 3.03. The Morgan fingerprint density at radius 2 is 1.19 bits per heavy atom. The molecule has 0 aromatic heterocycles. The summed E-state index contributed by atoms with van der Waals surface area (Å²) in [7, 11) is 0. The highest BCUT2D eigenvalue weighted by Gasteiger charge is 2.64. The van der Waals surface area contributed by atoms with Gasteiger partial charge in [0.1, 0.15) is 0 Å². The molecule has 0 saturated heterocycles. The van der Waals surface area contributed by atoms with Gasteiger partial charge in [0.2, 0.25) is 0 Å². The molecule has 2 nitrogen and oxygen atoms in total. The second kappa shape index (κ2) is 3.23. The van der Waals surface area contributed by atoms with Gasteiger partial charge in [0.25, 0.3) is 0 Å². The summed E-state index contributed by atoms with van der Waals surface area (Å²) in [6.07, 6.45) is 5.39. The van der Waals surface area contributed by atoms with Gasteiger partial charge in [-0.05, 0) is 73.0 Å². The molecule has 4 aliphatic carbocycles. The molecular formula is C14H22O2. The van der Waals surface area contributed by atoms with Crippen LogP contribution < -0.4 is 0 Å². The van der Waals surface area contributed by atoms with E-state index in [-0.39, 0.29) is 0 Å². The topological polar surface area (TPSA) is 40.5 Å². The van der Waals surface area contributed by atoms with Crippen molar-refractivity contribution < 1.29 is 10.2 Å². The lowest BCUT2D eigenvalue weighted by Gasteiger charge is -2.40. The van der Waals surface area contributed by atoms with Crippen LogP contribution in [0.1, 0.15) is 25.7 Å². The molecule has 0 spiro atoms. The maximum atomic E-state index is 9.45. The van der Waals surface area contributed by atoms with Gasteiger partial charge in [0.15, 0.2) is 0 Å². The fraction of sp³-hybridized carbons (Fsp3) is 1.00. The Kier molecular flexibility index (Phi) is 2.00. The molecule has 4 fully saturated rings. The molecule has 6 atom stereocenters.